The molecule has 11 rings (SSSR count). The van der Waals surface area contributed by atoms with Crippen molar-refractivity contribution in [1.29, 1.82) is 0 Å². The lowest BCUT2D eigenvalue weighted by molar-refractivity contribution is -0.138. The van der Waals surface area contributed by atoms with Crippen LogP contribution in [-0.4, -0.2) is 24.1 Å². The van der Waals surface area contributed by atoms with E-state index < -0.39 is 80.7 Å². The summed E-state index contributed by atoms with van der Waals surface area (Å²) in [6.07, 6.45) is -25.5. The van der Waals surface area contributed by atoms with Crippen LogP contribution in [0.3, 0.4) is 0 Å². The zero-order chi connectivity index (χ0) is 53.9. The van der Waals surface area contributed by atoms with Gasteiger partial charge in [-0.2, -0.15) is 65.9 Å². The van der Waals surface area contributed by atoms with Crippen molar-refractivity contribution >= 4 is 43.6 Å². The van der Waals surface area contributed by atoms with Gasteiger partial charge in [0.1, 0.15) is 0 Å². The average Bonchev–Trinajstić information content (AvgIpc) is 3.90. The van der Waals surface area contributed by atoms with Crippen LogP contribution in [0.1, 0.15) is 27.8 Å². The van der Waals surface area contributed by atoms with Crippen LogP contribution in [0, 0.1) is 0 Å². The Bertz CT molecular complexity index is 3890. The van der Waals surface area contributed by atoms with Crippen LogP contribution in [0.4, 0.5) is 65.9 Å². The lowest BCUT2D eigenvalue weighted by atomic mass is 9.94. The Kier molecular flexibility index (Phi) is 11.4. The first kappa shape index (κ1) is 49.5. The molecule has 0 aliphatic heterocycles. The molecule has 382 valence electrons. The van der Waals surface area contributed by atoms with E-state index in [1.54, 1.807) is 60.7 Å². The number of benzene rings is 8. The number of rotatable bonds is 6. The van der Waals surface area contributed by atoms with Crippen molar-refractivity contribution in [3.63, 3.8) is 0 Å². The normalized spacial score (nSPS) is 12.9. The van der Waals surface area contributed by atoms with E-state index in [0.29, 0.717) is 59.7 Å². The average molecular weight is 1060 g/mol. The minimum Gasteiger partial charge on any atom is -0.309 e. The Morgan fingerprint density at radius 1 is 0.276 bits per heavy atom. The smallest absolute Gasteiger partial charge is 0.309 e. The quantitative estimate of drug-likeness (QED) is 0.156. The first-order valence-electron chi connectivity index (χ1n) is 22.5. The highest BCUT2D eigenvalue weighted by molar-refractivity contribution is 6.12. The van der Waals surface area contributed by atoms with Crippen LogP contribution in [0.5, 0.6) is 0 Å². The van der Waals surface area contributed by atoms with Gasteiger partial charge in [-0.15, -0.1) is 0 Å². The van der Waals surface area contributed by atoms with Gasteiger partial charge in [-0.1, -0.05) is 72.8 Å². The first-order chi connectivity index (χ1) is 35.8. The van der Waals surface area contributed by atoms with Crippen molar-refractivity contribution in [2.24, 2.45) is 0 Å². The molecule has 0 aliphatic carbocycles. The SMILES string of the molecule is FC(F)(F)c1ccc2c(c1)c1cc(C(F)(F)F)ccc1n2-c1ccc(-c2nc(-c3ccccc3)nc(-c3ccccc3)n2)cc1-c1cccc(-n2c3ccc(C(F)(F)F)cc3c3cc(C(F)(F)F)ccc32)c1C(F)(F)F. The van der Waals surface area contributed by atoms with Crippen molar-refractivity contribution in [2.75, 3.05) is 0 Å². The van der Waals surface area contributed by atoms with Gasteiger partial charge in [0.2, 0.25) is 0 Å². The molecule has 0 atom stereocenters. The summed E-state index contributed by atoms with van der Waals surface area (Å²) in [7, 11) is 0. The molecule has 11 aromatic rings. The number of aromatic nitrogens is 5. The fourth-order valence-electron chi connectivity index (χ4n) is 9.54. The summed E-state index contributed by atoms with van der Waals surface area (Å²) in [5, 5.41) is -1.65. The summed E-state index contributed by atoms with van der Waals surface area (Å²) in [5.41, 5.74) is -8.63. The lowest BCUT2D eigenvalue weighted by Crippen LogP contribution is -2.14. The Balaban J connectivity index is 1.26. The van der Waals surface area contributed by atoms with E-state index in [0.717, 1.165) is 47.0 Å². The van der Waals surface area contributed by atoms with E-state index in [1.165, 1.54) is 22.8 Å². The maximum absolute atomic E-state index is 16.5. The van der Waals surface area contributed by atoms with Crippen molar-refractivity contribution in [1.82, 2.24) is 24.1 Å². The molecule has 0 unspecified atom stereocenters. The summed E-state index contributed by atoms with van der Waals surface area (Å²) in [6.45, 7) is 0. The predicted octanol–water partition coefficient (Wildman–Crippen LogP) is 17.8. The second-order valence-corrected chi connectivity index (χ2v) is 17.6. The minimum absolute atomic E-state index is 0.0322. The molecule has 0 saturated carbocycles. The molecule has 8 aromatic carbocycles. The van der Waals surface area contributed by atoms with E-state index in [4.69, 9.17) is 9.97 Å². The highest BCUT2D eigenvalue weighted by Crippen LogP contribution is 2.49. The third-order valence-electron chi connectivity index (χ3n) is 12.9. The molecule has 0 spiro atoms. The summed E-state index contributed by atoms with van der Waals surface area (Å²) < 4.78 is 223. The Morgan fingerprint density at radius 2 is 0.632 bits per heavy atom. The van der Waals surface area contributed by atoms with Gasteiger partial charge in [0.05, 0.1) is 61.3 Å². The molecule has 0 saturated heterocycles. The highest BCUT2D eigenvalue weighted by atomic mass is 19.4. The minimum atomic E-state index is -5.43. The maximum Gasteiger partial charge on any atom is 0.419 e. The third kappa shape index (κ3) is 8.69. The third-order valence-corrected chi connectivity index (χ3v) is 12.9. The molecule has 0 amide bonds. The molecule has 3 heterocycles. The van der Waals surface area contributed by atoms with Crippen LogP contribution in [0.25, 0.3) is 100 Å². The zero-order valence-electron chi connectivity index (χ0n) is 38.1. The van der Waals surface area contributed by atoms with Gasteiger partial charge >= 0.3 is 30.9 Å². The summed E-state index contributed by atoms with van der Waals surface area (Å²) in [5.74, 6) is 0.163. The lowest BCUT2D eigenvalue weighted by Gasteiger charge is -2.22. The number of nitrogens with zero attached hydrogens (tertiary/aromatic N) is 5. The van der Waals surface area contributed by atoms with Gasteiger partial charge in [0.25, 0.3) is 0 Å². The molecule has 76 heavy (non-hydrogen) atoms. The van der Waals surface area contributed by atoms with Crippen LogP contribution in [0.15, 0.2) is 170 Å². The van der Waals surface area contributed by atoms with Crippen LogP contribution in [0.2, 0.25) is 0 Å². The van der Waals surface area contributed by atoms with Gasteiger partial charge < -0.3 is 9.13 Å². The maximum atomic E-state index is 16.5. The molecule has 0 bridgehead atoms. The fourth-order valence-corrected chi connectivity index (χ4v) is 9.54. The van der Waals surface area contributed by atoms with Crippen molar-refractivity contribution in [3.8, 4) is 56.7 Å². The van der Waals surface area contributed by atoms with E-state index in [-0.39, 0.29) is 67.1 Å². The molecular formula is C56H28F15N5. The number of hydrogen-bond donors (Lipinski definition) is 0. The van der Waals surface area contributed by atoms with Gasteiger partial charge in [-0.05, 0) is 103 Å². The monoisotopic (exact) mass is 1060 g/mol. The second kappa shape index (κ2) is 17.5. The van der Waals surface area contributed by atoms with E-state index >= 15 is 13.2 Å². The molecule has 0 aliphatic rings. The van der Waals surface area contributed by atoms with Crippen LogP contribution >= 0.6 is 0 Å². The van der Waals surface area contributed by atoms with Crippen molar-refractivity contribution in [3.05, 3.63) is 198 Å². The zero-order valence-corrected chi connectivity index (χ0v) is 38.1. The molecule has 0 radical (unpaired) electrons. The summed E-state index contributed by atoms with van der Waals surface area (Å²) in [6, 6.07) is 32.6. The van der Waals surface area contributed by atoms with Gasteiger partial charge in [0.15, 0.2) is 17.5 Å². The standard InChI is InChI=1S/C56H28F15N5/c57-52(58,59)32-15-20-43-38(25-32)39-26-33(53(60,61)62)16-21-44(39)75(43)42-19-14-31(51-73-49(29-8-3-1-4-9-29)72-50(74-51)30-10-5-2-6-11-30)24-37(42)36-12-7-13-47(48(36)56(69,70)71)76-45-22-17-34(54(63,64)65)27-40(45)41-28-35(55(66,67)68)18-23-46(41)76/h1-28H. The summed E-state index contributed by atoms with van der Waals surface area (Å²) in [4.78, 5) is 14.1. The number of halogens is 15. The molecule has 5 nitrogen and oxygen atoms in total. The molecule has 0 N–H and O–H groups in total. The summed E-state index contributed by atoms with van der Waals surface area (Å²) >= 11 is 0. The fraction of sp³-hybridized carbons (Fsp3) is 0.0893. The second-order valence-electron chi connectivity index (χ2n) is 17.6. The van der Waals surface area contributed by atoms with Crippen molar-refractivity contribution < 1.29 is 65.9 Å². The Morgan fingerprint density at radius 3 is 0.987 bits per heavy atom. The number of fused-ring (bicyclic) bond motifs is 6. The predicted molar refractivity (Wildman–Crippen MR) is 255 cm³/mol. The van der Waals surface area contributed by atoms with Crippen LogP contribution in [-0.2, 0) is 30.9 Å². The Hall–Kier alpha value is -8.68. The topological polar surface area (TPSA) is 48.5 Å². The number of hydrogen-bond acceptors (Lipinski definition) is 3. The van der Waals surface area contributed by atoms with E-state index in [1.807, 2.05) is 0 Å². The van der Waals surface area contributed by atoms with Gasteiger partial charge in [0, 0.05) is 43.8 Å². The number of alkyl halides is 15. The highest BCUT2D eigenvalue weighted by Gasteiger charge is 2.40. The van der Waals surface area contributed by atoms with Gasteiger partial charge in [-0.3, -0.25) is 0 Å². The molecule has 0 fully saturated rings. The molecule has 3 aromatic heterocycles. The van der Waals surface area contributed by atoms with Crippen molar-refractivity contribution in [2.45, 2.75) is 30.9 Å². The molecule has 20 heteroatoms. The van der Waals surface area contributed by atoms with Crippen LogP contribution < -0.4 is 0 Å². The first-order valence-corrected chi connectivity index (χ1v) is 22.5. The van der Waals surface area contributed by atoms with E-state index in [2.05, 4.69) is 4.98 Å². The molecular weight excluding hydrogens is 1030 g/mol. The largest absolute Gasteiger partial charge is 0.419 e. The Labute approximate surface area is 417 Å². The van der Waals surface area contributed by atoms with Gasteiger partial charge in [-0.25, -0.2) is 15.0 Å². The van der Waals surface area contributed by atoms with E-state index in [9.17, 15) is 52.7 Å².